The van der Waals surface area contributed by atoms with Crippen LogP contribution < -0.4 is 5.73 Å². The van der Waals surface area contributed by atoms with Gasteiger partial charge in [0.1, 0.15) is 0 Å². The Hall–Kier alpha value is -0.900. The molecule has 0 spiro atoms. The van der Waals surface area contributed by atoms with Crippen molar-refractivity contribution in [3.63, 3.8) is 0 Å². The van der Waals surface area contributed by atoms with E-state index in [-0.39, 0.29) is 15.9 Å². The third-order valence-electron chi connectivity index (χ3n) is 1.46. The van der Waals surface area contributed by atoms with Gasteiger partial charge >= 0.3 is 0 Å². The van der Waals surface area contributed by atoms with Gasteiger partial charge in [0.2, 0.25) is 0 Å². The molecule has 0 radical (unpaired) electrons. The molecule has 0 aromatic heterocycles. The Morgan fingerprint density at radius 1 is 1.58 bits per heavy atom. The third kappa shape index (κ3) is 1.64. The maximum Gasteiger partial charge on any atom is 0.160 e. The minimum atomic E-state index is -0.528. The highest BCUT2D eigenvalue weighted by atomic mass is 79.9. The molecule has 0 aliphatic heterocycles. The van der Waals surface area contributed by atoms with Crippen molar-refractivity contribution in [2.75, 3.05) is 5.73 Å². The maximum absolute atomic E-state index is 12.9. The maximum atomic E-state index is 12.9. The molecule has 0 unspecified atom stereocenters. The highest BCUT2D eigenvalue weighted by molar-refractivity contribution is 9.10. The number of nitrogen functional groups attached to an aromatic ring is 1. The molecule has 1 rings (SSSR count). The summed E-state index contributed by atoms with van der Waals surface area (Å²) >= 11 is 2.96. The number of benzene rings is 1. The lowest BCUT2D eigenvalue weighted by Crippen LogP contribution is -1.98. The number of hydrogen-bond donors (Lipinski definition) is 1. The Labute approximate surface area is 77.7 Å². The van der Waals surface area contributed by atoms with E-state index in [2.05, 4.69) is 15.9 Å². The number of carbonyl (C=O) groups is 1. The number of carbonyl (C=O) groups excluding carboxylic acids is 1. The lowest BCUT2D eigenvalue weighted by molar-refractivity contribution is 0.101. The van der Waals surface area contributed by atoms with E-state index in [1.807, 2.05) is 0 Å². The summed E-state index contributed by atoms with van der Waals surface area (Å²) in [6, 6.07) is 2.73. The first-order chi connectivity index (χ1) is 5.52. The van der Waals surface area contributed by atoms with Gasteiger partial charge in [-0.3, -0.25) is 4.79 Å². The first-order valence-corrected chi connectivity index (χ1v) is 4.07. The molecule has 0 heterocycles. The number of anilines is 1. The summed E-state index contributed by atoms with van der Waals surface area (Å²) in [4.78, 5) is 10.9. The minimum absolute atomic E-state index is 0.0189. The molecule has 0 aliphatic rings. The van der Waals surface area contributed by atoms with E-state index in [0.29, 0.717) is 5.56 Å². The van der Waals surface area contributed by atoms with E-state index in [1.165, 1.54) is 19.1 Å². The van der Waals surface area contributed by atoms with Crippen molar-refractivity contribution in [3.8, 4) is 0 Å². The Kier molecular flexibility index (Phi) is 2.47. The Balaban J connectivity index is 3.31. The molecule has 0 saturated carbocycles. The Morgan fingerprint density at radius 3 is 2.58 bits per heavy atom. The molecule has 1 aromatic rings. The molecule has 0 fully saturated rings. The fourth-order valence-corrected chi connectivity index (χ4v) is 1.29. The van der Waals surface area contributed by atoms with Crippen LogP contribution in [0.3, 0.4) is 0 Å². The second kappa shape index (κ2) is 3.23. The quantitative estimate of drug-likeness (QED) is 0.596. The molecule has 0 aliphatic carbocycles. The van der Waals surface area contributed by atoms with Gasteiger partial charge in [0.25, 0.3) is 0 Å². The summed E-state index contributed by atoms with van der Waals surface area (Å²) in [5.41, 5.74) is 5.69. The molecule has 0 saturated heterocycles. The van der Waals surface area contributed by atoms with Gasteiger partial charge in [0.15, 0.2) is 11.6 Å². The van der Waals surface area contributed by atoms with Crippen LogP contribution in [-0.4, -0.2) is 5.78 Å². The van der Waals surface area contributed by atoms with E-state index in [0.717, 1.165) is 0 Å². The number of ketones is 1. The van der Waals surface area contributed by atoms with E-state index in [4.69, 9.17) is 5.73 Å². The number of nitrogens with two attached hydrogens (primary N) is 1. The van der Waals surface area contributed by atoms with Crippen molar-refractivity contribution in [2.24, 2.45) is 0 Å². The molecule has 0 amide bonds. The molecule has 1 aromatic carbocycles. The zero-order valence-corrected chi connectivity index (χ0v) is 7.98. The molecule has 2 nitrogen and oxygen atoms in total. The zero-order valence-electron chi connectivity index (χ0n) is 6.40. The number of halogens is 2. The van der Waals surface area contributed by atoms with Crippen LogP contribution >= 0.6 is 15.9 Å². The van der Waals surface area contributed by atoms with Crippen LogP contribution in [0.5, 0.6) is 0 Å². The summed E-state index contributed by atoms with van der Waals surface area (Å²) in [6.45, 7) is 1.40. The first-order valence-electron chi connectivity index (χ1n) is 3.28. The SMILES string of the molecule is CC(=O)c1cc(N)c(F)c(Br)c1. The van der Waals surface area contributed by atoms with Crippen LogP contribution in [-0.2, 0) is 0 Å². The summed E-state index contributed by atoms with van der Waals surface area (Å²) < 4.78 is 13.1. The molecular formula is C8H7BrFNO. The van der Waals surface area contributed by atoms with E-state index in [1.54, 1.807) is 0 Å². The first kappa shape index (κ1) is 9.19. The van der Waals surface area contributed by atoms with Crippen LogP contribution in [0, 0.1) is 5.82 Å². The van der Waals surface area contributed by atoms with Crippen LogP contribution in [0.4, 0.5) is 10.1 Å². The van der Waals surface area contributed by atoms with Gasteiger partial charge in [-0.15, -0.1) is 0 Å². The summed E-state index contributed by atoms with van der Waals surface area (Å²) in [5.74, 6) is -0.664. The standard InChI is InChI=1S/C8H7BrFNO/c1-4(12)5-2-6(9)8(10)7(11)3-5/h2-3H,11H2,1H3. The summed E-state index contributed by atoms with van der Waals surface area (Å²) in [7, 11) is 0. The van der Waals surface area contributed by atoms with Crippen LogP contribution in [0.25, 0.3) is 0 Å². The third-order valence-corrected chi connectivity index (χ3v) is 2.04. The number of rotatable bonds is 1. The van der Waals surface area contributed by atoms with Crippen molar-refractivity contribution in [1.29, 1.82) is 0 Å². The van der Waals surface area contributed by atoms with E-state index in [9.17, 15) is 9.18 Å². The topological polar surface area (TPSA) is 43.1 Å². The Morgan fingerprint density at radius 2 is 2.17 bits per heavy atom. The lowest BCUT2D eigenvalue weighted by atomic mass is 10.1. The fraction of sp³-hybridized carbons (Fsp3) is 0.125. The second-order valence-electron chi connectivity index (χ2n) is 2.42. The van der Waals surface area contributed by atoms with Crippen LogP contribution in [0.2, 0.25) is 0 Å². The van der Waals surface area contributed by atoms with Gasteiger partial charge in [0, 0.05) is 5.56 Å². The van der Waals surface area contributed by atoms with Gasteiger partial charge in [0.05, 0.1) is 10.2 Å². The van der Waals surface area contributed by atoms with Gasteiger partial charge in [-0.1, -0.05) is 0 Å². The highest BCUT2D eigenvalue weighted by Gasteiger charge is 2.08. The minimum Gasteiger partial charge on any atom is -0.396 e. The monoisotopic (exact) mass is 231 g/mol. The molecule has 4 heteroatoms. The molecule has 0 bridgehead atoms. The molecule has 64 valence electrons. The number of hydrogen-bond acceptors (Lipinski definition) is 2. The van der Waals surface area contributed by atoms with Crippen molar-refractivity contribution in [2.45, 2.75) is 6.92 Å². The molecule has 0 atom stereocenters. The van der Waals surface area contributed by atoms with Gasteiger partial charge < -0.3 is 5.73 Å². The van der Waals surface area contributed by atoms with Gasteiger partial charge in [-0.2, -0.15) is 0 Å². The molecule has 12 heavy (non-hydrogen) atoms. The summed E-state index contributed by atoms with van der Waals surface area (Å²) in [6.07, 6.45) is 0. The van der Waals surface area contributed by atoms with Crippen molar-refractivity contribution in [3.05, 3.63) is 28.0 Å². The van der Waals surface area contributed by atoms with Crippen molar-refractivity contribution < 1.29 is 9.18 Å². The van der Waals surface area contributed by atoms with Crippen LogP contribution in [0.1, 0.15) is 17.3 Å². The van der Waals surface area contributed by atoms with Crippen LogP contribution in [0.15, 0.2) is 16.6 Å². The number of Topliss-reactive ketones (excluding diaryl/α,β-unsaturated/α-hetero) is 1. The molecular weight excluding hydrogens is 225 g/mol. The van der Waals surface area contributed by atoms with E-state index < -0.39 is 5.82 Å². The summed E-state index contributed by atoms with van der Waals surface area (Å²) in [5, 5.41) is 0. The van der Waals surface area contributed by atoms with Crippen molar-refractivity contribution in [1.82, 2.24) is 0 Å². The normalized spacial score (nSPS) is 9.92. The largest absolute Gasteiger partial charge is 0.396 e. The molecule has 2 N–H and O–H groups in total. The predicted molar refractivity (Wildman–Crippen MR) is 48.5 cm³/mol. The highest BCUT2D eigenvalue weighted by Crippen LogP contribution is 2.23. The smallest absolute Gasteiger partial charge is 0.160 e. The predicted octanol–water partition coefficient (Wildman–Crippen LogP) is 2.37. The van der Waals surface area contributed by atoms with Gasteiger partial charge in [-0.05, 0) is 35.0 Å². The fourth-order valence-electron chi connectivity index (χ4n) is 0.814. The average Bonchev–Trinajstić information content (AvgIpc) is 1.99. The zero-order chi connectivity index (χ0) is 9.30. The van der Waals surface area contributed by atoms with Gasteiger partial charge in [-0.25, -0.2) is 4.39 Å². The second-order valence-corrected chi connectivity index (χ2v) is 3.27. The Bertz CT molecular complexity index is 315. The lowest BCUT2D eigenvalue weighted by Gasteiger charge is -2.01. The average molecular weight is 232 g/mol. The van der Waals surface area contributed by atoms with E-state index >= 15 is 0 Å². The van der Waals surface area contributed by atoms with Crippen molar-refractivity contribution >= 4 is 27.4 Å².